The molecule has 5 aromatic rings. The number of nitriles is 1. The molecule has 1 atom stereocenters. The number of quaternary nitrogens is 1. The summed E-state index contributed by atoms with van der Waals surface area (Å²) >= 11 is 0. The predicted molar refractivity (Wildman–Crippen MR) is 167 cm³/mol. The number of aromatic nitrogens is 1. The topological polar surface area (TPSA) is 64.4 Å². The molecule has 4 aromatic carbocycles. The molecule has 1 unspecified atom stereocenters. The highest BCUT2D eigenvalue weighted by Crippen LogP contribution is 2.36. The van der Waals surface area contributed by atoms with Crippen molar-refractivity contribution in [3.05, 3.63) is 137 Å². The van der Waals surface area contributed by atoms with Gasteiger partial charge in [0, 0.05) is 29.8 Å². The van der Waals surface area contributed by atoms with Crippen molar-refractivity contribution in [1.29, 1.82) is 5.26 Å². The van der Waals surface area contributed by atoms with Gasteiger partial charge in [-0.1, -0.05) is 54.6 Å². The third-order valence-electron chi connectivity index (χ3n) is 7.98. The number of hydrogen-bond acceptors (Lipinski definition) is 5. The van der Waals surface area contributed by atoms with E-state index in [4.69, 9.17) is 19.5 Å². The van der Waals surface area contributed by atoms with E-state index in [1.165, 1.54) is 16.7 Å². The summed E-state index contributed by atoms with van der Waals surface area (Å²) in [6, 6.07) is 36.2. The molecule has 6 heteroatoms. The molecule has 1 aliphatic heterocycles. The maximum absolute atomic E-state index is 9.01. The van der Waals surface area contributed by atoms with Crippen LogP contribution in [0.3, 0.4) is 0 Å². The van der Waals surface area contributed by atoms with Crippen molar-refractivity contribution in [1.82, 2.24) is 4.98 Å². The maximum atomic E-state index is 9.01. The Morgan fingerprint density at radius 1 is 0.814 bits per heavy atom. The first kappa shape index (κ1) is 28.0. The van der Waals surface area contributed by atoms with Crippen molar-refractivity contribution in [3.63, 3.8) is 0 Å². The van der Waals surface area contributed by atoms with Crippen LogP contribution in [-0.4, -0.2) is 30.2 Å². The Hall–Kier alpha value is -5.12. The van der Waals surface area contributed by atoms with E-state index in [1.807, 2.05) is 79.0 Å². The predicted octanol–water partition coefficient (Wildman–Crippen LogP) is 7.70. The van der Waals surface area contributed by atoms with E-state index in [1.54, 1.807) is 7.11 Å². The van der Waals surface area contributed by atoms with Crippen LogP contribution in [0.4, 0.5) is 0 Å². The summed E-state index contributed by atoms with van der Waals surface area (Å²) in [7, 11) is 4.00. The van der Waals surface area contributed by atoms with Crippen LogP contribution >= 0.6 is 0 Å². The number of ether oxygens (including phenoxy) is 3. The minimum absolute atomic E-state index is 0.503. The average Bonchev–Trinajstić information content (AvgIpc) is 3.05. The fourth-order valence-electron chi connectivity index (χ4n) is 5.63. The largest absolute Gasteiger partial charge is 0.493 e. The number of pyridine rings is 1. The summed E-state index contributed by atoms with van der Waals surface area (Å²) < 4.78 is 18.8. The molecule has 0 radical (unpaired) electrons. The van der Waals surface area contributed by atoms with E-state index in [-0.39, 0.29) is 0 Å². The Kier molecular flexibility index (Phi) is 8.08. The molecule has 43 heavy (non-hydrogen) atoms. The van der Waals surface area contributed by atoms with Gasteiger partial charge in [0.15, 0.2) is 11.5 Å². The third-order valence-corrected chi connectivity index (χ3v) is 7.98. The molecule has 6 nitrogen and oxygen atoms in total. The van der Waals surface area contributed by atoms with Gasteiger partial charge in [-0.3, -0.25) is 0 Å². The third kappa shape index (κ3) is 6.69. The molecular formula is C37H34N3O3+. The lowest BCUT2D eigenvalue weighted by atomic mass is 9.96. The summed E-state index contributed by atoms with van der Waals surface area (Å²) in [6.45, 7) is 3.32. The molecule has 0 spiro atoms. The van der Waals surface area contributed by atoms with E-state index in [9.17, 15) is 0 Å². The number of hydrogen-bond donors (Lipinski definition) is 0. The van der Waals surface area contributed by atoms with Crippen molar-refractivity contribution in [2.45, 2.75) is 26.1 Å². The van der Waals surface area contributed by atoms with Gasteiger partial charge in [-0.2, -0.15) is 5.26 Å². The van der Waals surface area contributed by atoms with Gasteiger partial charge in [-0.05, 0) is 64.7 Å². The molecule has 0 aliphatic carbocycles. The van der Waals surface area contributed by atoms with E-state index in [0.29, 0.717) is 18.1 Å². The minimum atomic E-state index is 0.503. The quantitative estimate of drug-likeness (QED) is 0.171. The number of methoxy groups -OCH3 is 1. The summed E-state index contributed by atoms with van der Waals surface area (Å²) in [5, 5.41) is 9.01. The fraction of sp³-hybridized carbons (Fsp3) is 0.189. The van der Waals surface area contributed by atoms with Crippen LogP contribution in [0.2, 0.25) is 0 Å². The van der Waals surface area contributed by atoms with Gasteiger partial charge in [-0.15, -0.1) is 0 Å². The first-order chi connectivity index (χ1) is 21.0. The standard InChI is InChI=1S/C37H34N3O3/c1-40(19-18-32-20-35(41-2)36(21-33(32)25-40)42-26-28-6-4-3-5-7-28)24-29-10-17-37(39-23-29)43-34-15-13-31(14-16-34)30-11-8-27(22-38)9-12-30/h3-17,20-21,23H,18-19,24-26H2,1-2H3/q+1. The second-order valence-electron chi connectivity index (χ2n) is 11.3. The first-order valence-corrected chi connectivity index (χ1v) is 14.4. The lowest BCUT2D eigenvalue weighted by Crippen LogP contribution is -2.46. The Morgan fingerprint density at radius 2 is 1.53 bits per heavy atom. The van der Waals surface area contributed by atoms with Gasteiger partial charge in [0.1, 0.15) is 25.4 Å². The van der Waals surface area contributed by atoms with Crippen molar-refractivity contribution in [3.8, 4) is 40.3 Å². The average molecular weight is 569 g/mol. The van der Waals surface area contributed by atoms with Crippen molar-refractivity contribution < 1.29 is 18.7 Å². The normalized spacial score (nSPS) is 15.7. The monoisotopic (exact) mass is 568 g/mol. The van der Waals surface area contributed by atoms with Gasteiger partial charge in [0.2, 0.25) is 5.88 Å². The number of fused-ring (bicyclic) bond motifs is 1. The SMILES string of the molecule is COc1cc2c(cc1OCc1ccccc1)C[N+](C)(Cc1ccc(Oc3ccc(-c4ccc(C#N)cc4)cc3)nc1)CC2. The van der Waals surface area contributed by atoms with Crippen LogP contribution in [0.1, 0.15) is 27.8 Å². The lowest BCUT2D eigenvalue weighted by Gasteiger charge is -2.39. The Labute approximate surface area is 252 Å². The van der Waals surface area contributed by atoms with Crippen LogP contribution in [0.5, 0.6) is 23.1 Å². The Morgan fingerprint density at radius 3 is 2.21 bits per heavy atom. The maximum Gasteiger partial charge on any atom is 0.219 e. The lowest BCUT2D eigenvalue weighted by molar-refractivity contribution is -0.937. The molecule has 0 saturated carbocycles. The highest BCUT2D eigenvalue weighted by molar-refractivity contribution is 5.65. The number of likely N-dealkylation sites (N-methyl/N-ethyl adjacent to an activating group) is 1. The molecule has 1 aromatic heterocycles. The van der Waals surface area contributed by atoms with Crippen molar-refractivity contribution in [2.24, 2.45) is 0 Å². The zero-order valence-corrected chi connectivity index (χ0v) is 24.5. The van der Waals surface area contributed by atoms with Gasteiger partial charge in [0.05, 0.1) is 32.3 Å². The second kappa shape index (κ2) is 12.4. The van der Waals surface area contributed by atoms with Crippen molar-refractivity contribution >= 4 is 0 Å². The van der Waals surface area contributed by atoms with Crippen LogP contribution in [0, 0.1) is 11.3 Å². The number of rotatable bonds is 9. The van der Waals surface area contributed by atoms with Crippen molar-refractivity contribution in [2.75, 3.05) is 20.7 Å². The van der Waals surface area contributed by atoms with Crippen LogP contribution < -0.4 is 14.2 Å². The molecular weight excluding hydrogens is 534 g/mol. The first-order valence-electron chi connectivity index (χ1n) is 14.4. The molecule has 214 valence electrons. The van der Waals surface area contributed by atoms with E-state index in [0.717, 1.165) is 64.5 Å². The molecule has 0 N–H and O–H groups in total. The molecule has 0 bridgehead atoms. The fourth-order valence-corrected chi connectivity index (χ4v) is 5.63. The summed E-state index contributed by atoms with van der Waals surface area (Å²) in [4.78, 5) is 4.61. The highest BCUT2D eigenvalue weighted by Gasteiger charge is 2.30. The number of nitrogens with zero attached hydrogens (tertiary/aromatic N) is 3. The van der Waals surface area contributed by atoms with Crippen LogP contribution in [-0.2, 0) is 26.1 Å². The van der Waals surface area contributed by atoms with E-state index < -0.39 is 0 Å². The second-order valence-corrected chi connectivity index (χ2v) is 11.3. The molecule has 2 heterocycles. The molecule has 0 saturated heterocycles. The minimum Gasteiger partial charge on any atom is -0.493 e. The van der Waals surface area contributed by atoms with Gasteiger partial charge >= 0.3 is 0 Å². The smallest absolute Gasteiger partial charge is 0.219 e. The van der Waals surface area contributed by atoms with Crippen LogP contribution in [0.15, 0.2) is 109 Å². The van der Waals surface area contributed by atoms with E-state index >= 15 is 0 Å². The zero-order chi connectivity index (χ0) is 29.6. The Bertz CT molecular complexity index is 1730. The molecule has 0 fully saturated rings. The summed E-state index contributed by atoms with van der Waals surface area (Å²) in [5.41, 5.74) is 7.69. The van der Waals surface area contributed by atoms with Gasteiger partial charge in [-0.25, -0.2) is 4.98 Å². The summed E-state index contributed by atoms with van der Waals surface area (Å²) in [6.07, 6.45) is 2.90. The van der Waals surface area contributed by atoms with E-state index in [2.05, 4.69) is 48.4 Å². The van der Waals surface area contributed by atoms with Crippen LogP contribution in [0.25, 0.3) is 11.1 Å². The summed E-state index contributed by atoms with van der Waals surface area (Å²) in [5.74, 6) is 2.86. The highest BCUT2D eigenvalue weighted by atomic mass is 16.5. The van der Waals surface area contributed by atoms with Gasteiger partial charge < -0.3 is 18.7 Å². The Balaban J connectivity index is 1.09. The molecule has 6 rings (SSSR count). The molecule has 0 amide bonds. The molecule has 1 aliphatic rings. The number of benzene rings is 4. The van der Waals surface area contributed by atoms with Gasteiger partial charge in [0.25, 0.3) is 0 Å². The zero-order valence-electron chi connectivity index (χ0n) is 24.5.